The fraction of sp³-hybridized carbons (Fsp3) is 0.294. The van der Waals surface area contributed by atoms with Gasteiger partial charge in [-0.05, 0) is 29.9 Å². The summed E-state index contributed by atoms with van der Waals surface area (Å²) < 4.78 is 1.97. The maximum absolute atomic E-state index is 5.82. The first-order valence-electron chi connectivity index (χ1n) is 7.43. The van der Waals surface area contributed by atoms with Gasteiger partial charge in [0.1, 0.15) is 0 Å². The second-order valence-corrected chi connectivity index (χ2v) is 5.10. The van der Waals surface area contributed by atoms with E-state index in [1.165, 1.54) is 5.69 Å². The van der Waals surface area contributed by atoms with Crippen molar-refractivity contribution >= 4 is 10.8 Å². The molecule has 0 saturated carbocycles. The monoisotopic (exact) mass is 280 g/mol. The summed E-state index contributed by atoms with van der Waals surface area (Å²) in [5.41, 5.74) is 9.17. The molecule has 4 heteroatoms. The lowest BCUT2D eigenvalue weighted by molar-refractivity contribution is 0.777. The molecule has 0 fully saturated rings. The van der Waals surface area contributed by atoms with Gasteiger partial charge in [0.2, 0.25) is 0 Å². The number of hydrogen-bond acceptors (Lipinski definition) is 3. The van der Waals surface area contributed by atoms with Crippen molar-refractivity contribution in [3.8, 4) is 5.82 Å². The topological polar surface area (TPSA) is 56.7 Å². The van der Waals surface area contributed by atoms with Gasteiger partial charge in [-0.2, -0.15) is 5.10 Å². The summed E-state index contributed by atoms with van der Waals surface area (Å²) in [4.78, 5) is 4.62. The summed E-state index contributed by atoms with van der Waals surface area (Å²) in [5.74, 6) is 0.888. The van der Waals surface area contributed by atoms with Crippen molar-refractivity contribution in [2.45, 2.75) is 33.2 Å². The van der Waals surface area contributed by atoms with Crippen LogP contribution in [0.25, 0.3) is 16.6 Å². The lowest BCUT2D eigenvalue weighted by Gasteiger charge is -2.11. The minimum atomic E-state index is 0.494. The largest absolute Gasteiger partial charge is 0.326 e. The Hall–Kier alpha value is -2.20. The fourth-order valence-corrected chi connectivity index (χ4v) is 2.65. The molecule has 0 aliphatic carbocycles. The lowest BCUT2D eigenvalue weighted by Crippen LogP contribution is -2.07. The van der Waals surface area contributed by atoms with Crippen molar-refractivity contribution in [2.24, 2.45) is 5.73 Å². The summed E-state index contributed by atoms with van der Waals surface area (Å²) in [6.45, 7) is 4.76. The van der Waals surface area contributed by atoms with E-state index >= 15 is 0 Å². The molecule has 3 rings (SSSR count). The fourth-order valence-electron chi connectivity index (χ4n) is 2.65. The van der Waals surface area contributed by atoms with Crippen LogP contribution < -0.4 is 5.73 Å². The highest BCUT2D eigenvalue weighted by molar-refractivity contribution is 5.91. The minimum absolute atomic E-state index is 0.494. The highest BCUT2D eigenvalue weighted by Crippen LogP contribution is 2.24. The molecule has 3 aromatic rings. The second kappa shape index (κ2) is 5.66. The first kappa shape index (κ1) is 13.8. The Kier molecular flexibility index (Phi) is 3.71. The molecule has 2 N–H and O–H groups in total. The van der Waals surface area contributed by atoms with Crippen LogP contribution in [-0.2, 0) is 19.4 Å². The molecule has 0 atom stereocenters. The molecular formula is C17H20N4. The van der Waals surface area contributed by atoms with E-state index in [0.717, 1.165) is 40.7 Å². The van der Waals surface area contributed by atoms with Gasteiger partial charge < -0.3 is 5.73 Å². The van der Waals surface area contributed by atoms with Gasteiger partial charge in [0.25, 0.3) is 0 Å². The number of fused-ring (bicyclic) bond motifs is 1. The van der Waals surface area contributed by atoms with Crippen molar-refractivity contribution in [1.82, 2.24) is 14.8 Å². The van der Waals surface area contributed by atoms with Crippen LogP contribution in [-0.4, -0.2) is 14.8 Å². The van der Waals surface area contributed by atoms with E-state index in [-0.39, 0.29) is 0 Å². The Bertz CT molecular complexity index is 774. The highest BCUT2D eigenvalue weighted by atomic mass is 15.3. The summed E-state index contributed by atoms with van der Waals surface area (Å²) in [7, 11) is 0. The molecule has 4 nitrogen and oxygen atoms in total. The molecule has 2 aromatic heterocycles. The van der Waals surface area contributed by atoms with Gasteiger partial charge in [-0.15, -0.1) is 0 Å². The minimum Gasteiger partial charge on any atom is -0.326 e. The van der Waals surface area contributed by atoms with Gasteiger partial charge in [-0.25, -0.2) is 9.67 Å². The Balaban J connectivity index is 2.28. The zero-order valence-corrected chi connectivity index (χ0v) is 12.5. The van der Waals surface area contributed by atoms with Crippen LogP contribution in [0.4, 0.5) is 0 Å². The first-order valence-corrected chi connectivity index (χ1v) is 7.43. The Labute approximate surface area is 124 Å². The third-order valence-electron chi connectivity index (χ3n) is 3.84. The smallest absolute Gasteiger partial charge is 0.161 e. The van der Waals surface area contributed by atoms with Crippen LogP contribution in [0.5, 0.6) is 0 Å². The van der Waals surface area contributed by atoms with Crippen LogP contribution in [0.1, 0.15) is 30.8 Å². The zero-order valence-electron chi connectivity index (χ0n) is 12.5. The van der Waals surface area contributed by atoms with Gasteiger partial charge in [0.05, 0.1) is 5.69 Å². The molecular weight excluding hydrogens is 260 g/mol. The second-order valence-electron chi connectivity index (χ2n) is 5.10. The highest BCUT2D eigenvalue weighted by Gasteiger charge is 2.13. The normalized spacial score (nSPS) is 11.2. The molecule has 0 saturated heterocycles. The van der Waals surface area contributed by atoms with Crippen LogP contribution in [0, 0.1) is 0 Å². The molecule has 0 radical (unpaired) electrons. The third-order valence-corrected chi connectivity index (χ3v) is 3.84. The average molecular weight is 280 g/mol. The summed E-state index contributed by atoms with van der Waals surface area (Å²) in [5, 5.41) is 6.95. The van der Waals surface area contributed by atoms with Crippen LogP contribution in [0.3, 0.4) is 0 Å². The van der Waals surface area contributed by atoms with Crippen molar-refractivity contribution in [3.63, 3.8) is 0 Å². The van der Waals surface area contributed by atoms with Gasteiger partial charge in [-0.1, -0.05) is 38.1 Å². The predicted octanol–water partition coefficient (Wildman–Crippen LogP) is 3.00. The molecule has 1 aromatic carbocycles. The summed E-state index contributed by atoms with van der Waals surface area (Å²) in [6.07, 6.45) is 3.73. The van der Waals surface area contributed by atoms with E-state index in [9.17, 15) is 0 Å². The van der Waals surface area contributed by atoms with Crippen LogP contribution >= 0.6 is 0 Å². The predicted molar refractivity (Wildman–Crippen MR) is 85.5 cm³/mol. The molecule has 108 valence electrons. The molecule has 0 amide bonds. The Morgan fingerprint density at radius 1 is 1.10 bits per heavy atom. The number of benzene rings is 1. The number of aryl methyl sites for hydroxylation is 2. The van der Waals surface area contributed by atoms with E-state index in [2.05, 4.69) is 37.0 Å². The van der Waals surface area contributed by atoms with Gasteiger partial charge in [0.15, 0.2) is 5.82 Å². The number of hydrogen-bond donors (Lipinski definition) is 1. The van der Waals surface area contributed by atoms with E-state index in [1.807, 2.05) is 23.0 Å². The van der Waals surface area contributed by atoms with Crippen molar-refractivity contribution in [1.29, 1.82) is 0 Å². The number of nitrogens with zero attached hydrogens (tertiary/aromatic N) is 3. The molecule has 21 heavy (non-hydrogen) atoms. The van der Waals surface area contributed by atoms with Crippen molar-refractivity contribution in [3.05, 3.63) is 53.5 Å². The SMILES string of the molecule is CCc1cc(CC)n(-c2ncc(CN)c3ccccc23)n1. The first-order chi connectivity index (χ1) is 10.3. The Morgan fingerprint density at radius 3 is 2.52 bits per heavy atom. The van der Waals surface area contributed by atoms with Gasteiger partial charge in [0, 0.05) is 23.8 Å². The van der Waals surface area contributed by atoms with E-state index in [1.54, 1.807) is 0 Å². The third kappa shape index (κ3) is 2.32. The van der Waals surface area contributed by atoms with Crippen molar-refractivity contribution < 1.29 is 0 Å². The standard InChI is InChI=1S/C17H20N4/c1-3-13-9-14(4-2)21(20-13)17-16-8-6-5-7-15(16)12(10-18)11-19-17/h5-9,11H,3-4,10,18H2,1-2H3. The summed E-state index contributed by atoms with van der Waals surface area (Å²) >= 11 is 0. The van der Waals surface area contributed by atoms with Gasteiger partial charge >= 0.3 is 0 Å². The number of nitrogens with two attached hydrogens (primary N) is 1. The number of aromatic nitrogens is 3. The molecule has 0 aliphatic rings. The number of rotatable bonds is 4. The average Bonchev–Trinajstić information content (AvgIpc) is 2.97. The maximum Gasteiger partial charge on any atom is 0.161 e. The lowest BCUT2D eigenvalue weighted by atomic mass is 10.1. The quantitative estimate of drug-likeness (QED) is 0.799. The molecule has 2 heterocycles. The van der Waals surface area contributed by atoms with E-state index < -0.39 is 0 Å². The van der Waals surface area contributed by atoms with E-state index in [0.29, 0.717) is 6.54 Å². The van der Waals surface area contributed by atoms with E-state index in [4.69, 9.17) is 10.8 Å². The molecule has 0 unspecified atom stereocenters. The number of pyridine rings is 1. The summed E-state index contributed by atoms with van der Waals surface area (Å²) in [6, 6.07) is 10.4. The Morgan fingerprint density at radius 2 is 1.86 bits per heavy atom. The van der Waals surface area contributed by atoms with Crippen LogP contribution in [0.15, 0.2) is 36.5 Å². The van der Waals surface area contributed by atoms with Crippen LogP contribution in [0.2, 0.25) is 0 Å². The van der Waals surface area contributed by atoms with Crippen molar-refractivity contribution in [2.75, 3.05) is 0 Å². The molecule has 0 aliphatic heterocycles. The molecule has 0 bridgehead atoms. The maximum atomic E-state index is 5.82. The van der Waals surface area contributed by atoms with Gasteiger partial charge in [-0.3, -0.25) is 0 Å². The molecule has 0 spiro atoms. The zero-order chi connectivity index (χ0) is 14.8.